The van der Waals surface area contributed by atoms with Gasteiger partial charge in [-0.1, -0.05) is 0 Å². The van der Waals surface area contributed by atoms with Crippen LogP contribution in [-0.2, 0) is 0 Å². The molecule has 0 aliphatic carbocycles. The molecule has 0 aromatic carbocycles. The maximum Gasteiger partial charge on any atom is 0.0967 e. The topological polar surface area (TPSA) is 23.5 Å². The molecular formula is C5H15Cl2NO. The lowest BCUT2D eigenvalue weighted by atomic mass is 11.0. The van der Waals surface area contributed by atoms with Crippen LogP contribution in [0.2, 0.25) is 0 Å². The van der Waals surface area contributed by atoms with Crippen molar-refractivity contribution in [2.45, 2.75) is 0 Å². The summed E-state index contributed by atoms with van der Waals surface area (Å²) in [6.45, 7) is 0. The first-order chi connectivity index (χ1) is 4.15. The zero-order chi connectivity index (χ0) is 8.28. The molecule has 0 aromatic rings. The molecule has 0 heterocycles. The summed E-state index contributed by atoms with van der Waals surface area (Å²) in [6.07, 6.45) is 0. The van der Waals surface area contributed by atoms with Gasteiger partial charge in [-0.15, -0.1) is 23.2 Å². The van der Waals surface area contributed by atoms with Crippen LogP contribution in [0.1, 0.15) is 0 Å². The quantitative estimate of drug-likeness (QED) is 0.560. The monoisotopic (exact) mass is 175 g/mol. The number of nitrogens with zero attached hydrogens (tertiary/aromatic N) is 1. The fraction of sp³-hybridized carbons (Fsp3) is 1.00. The fourth-order valence-corrected chi connectivity index (χ4v) is 0. The van der Waals surface area contributed by atoms with Gasteiger partial charge in [0.15, 0.2) is 0 Å². The van der Waals surface area contributed by atoms with Gasteiger partial charge in [0, 0.05) is 7.11 Å². The Hall–Kier alpha value is 0.500. The van der Waals surface area contributed by atoms with Crippen molar-refractivity contribution in [1.82, 2.24) is 4.90 Å². The van der Waals surface area contributed by atoms with Crippen LogP contribution in [0.5, 0.6) is 0 Å². The molecule has 0 amide bonds. The Morgan fingerprint density at radius 2 is 1.11 bits per heavy atom. The Morgan fingerprint density at radius 3 is 1.11 bits per heavy atom. The van der Waals surface area contributed by atoms with E-state index in [2.05, 4.69) is 0 Å². The summed E-state index contributed by atoms with van der Waals surface area (Å²) in [7, 11) is 7.00. The maximum atomic E-state index is 7.00. The van der Waals surface area contributed by atoms with E-state index < -0.39 is 0 Å². The van der Waals surface area contributed by atoms with Crippen molar-refractivity contribution < 1.29 is 5.11 Å². The third kappa shape index (κ3) is 1440. The van der Waals surface area contributed by atoms with Crippen LogP contribution in [0.15, 0.2) is 0 Å². The highest BCUT2D eigenvalue weighted by Crippen LogP contribution is 1.73. The molecule has 0 aliphatic heterocycles. The van der Waals surface area contributed by atoms with Crippen LogP contribution in [-0.4, -0.2) is 43.6 Å². The van der Waals surface area contributed by atoms with E-state index in [1.165, 1.54) is 0 Å². The highest BCUT2D eigenvalue weighted by atomic mass is 35.5. The second kappa shape index (κ2) is 23.6. The average Bonchev–Trinajstić information content (AvgIpc) is 1.71. The van der Waals surface area contributed by atoms with Crippen molar-refractivity contribution in [2.24, 2.45) is 0 Å². The number of halogens is 2. The normalized spacial score (nSPS) is 6.67. The number of hydrogen-bond donors (Lipinski definition) is 1. The van der Waals surface area contributed by atoms with Crippen LogP contribution in [0, 0.1) is 0 Å². The minimum atomic E-state index is 0.194. The second-order valence-electron chi connectivity index (χ2n) is 1.44. The number of aliphatic hydroxyl groups excluding tert-OH is 1. The lowest BCUT2D eigenvalue weighted by molar-refractivity contribution is 0.399. The molecule has 60 valence electrons. The van der Waals surface area contributed by atoms with Crippen molar-refractivity contribution >= 4 is 23.2 Å². The summed E-state index contributed by atoms with van der Waals surface area (Å²) < 4.78 is 0. The Kier molecular flexibility index (Phi) is 42.6. The minimum absolute atomic E-state index is 0.194. The Bertz CT molecular complexity index is 26.2. The van der Waals surface area contributed by atoms with Crippen molar-refractivity contribution in [3.63, 3.8) is 0 Å². The molecule has 0 saturated carbocycles. The summed E-state index contributed by atoms with van der Waals surface area (Å²) in [6, 6.07) is 0. The first kappa shape index (κ1) is 16.2. The highest BCUT2D eigenvalue weighted by Gasteiger charge is 1.58. The van der Waals surface area contributed by atoms with E-state index in [0.717, 1.165) is 7.11 Å². The Morgan fingerprint density at radius 1 is 1.11 bits per heavy atom. The molecule has 0 aromatic heterocycles. The largest absolute Gasteiger partial charge is 0.400 e. The number of hydrogen-bond acceptors (Lipinski definition) is 2. The highest BCUT2D eigenvalue weighted by molar-refractivity contribution is 6.40. The molecule has 9 heavy (non-hydrogen) atoms. The van der Waals surface area contributed by atoms with Crippen LogP contribution in [0.3, 0.4) is 0 Å². The predicted molar refractivity (Wildman–Crippen MR) is 44.3 cm³/mol. The first-order valence-electron chi connectivity index (χ1n) is 2.32. The zero-order valence-corrected chi connectivity index (χ0v) is 7.87. The van der Waals surface area contributed by atoms with Crippen LogP contribution in [0.4, 0.5) is 0 Å². The Labute approximate surface area is 67.4 Å². The lowest BCUT2D eigenvalue weighted by Gasteiger charge is -1.90. The van der Waals surface area contributed by atoms with Crippen molar-refractivity contribution in [1.29, 1.82) is 0 Å². The predicted octanol–water partition coefficient (Wildman–Crippen LogP) is 1.21. The van der Waals surface area contributed by atoms with Gasteiger partial charge < -0.3 is 10.0 Å². The summed E-state index contributed by atoms with van der Waals surface area (Å²) in [5, 5.41) is 7.19. The molecule has 4 heteroatoms. The minimum Gasteiger partial charge on any atom is -0.400 e. The van der Waals surface area contributed by atoms with Gasteiger partial charge in [-0.3, -0.25) is 0 Å². The van der Waals surface area contributed by atoms with Crippen molar-refractivity contribution in [3.05, 3.63) is 0 Å². The van der Waals surface area contributed by atoms with Gasteiger partial charge in [-0.05, 0) is 21.1 Å². The molecule has 1 N–H and O–H groups in total. The molecule has 0 aliphatic rings. The smallest absolute Gasteiger partial charge is 0.0967 e. The molecule has 0 spiro atoms. The lowest BCUT2D eigenvalue weighted by Crippen LogP contribution is -1.99. The third-order valence-corrected chi connectivity index (χ3v) is 0. The summed E-state index contributed by atoms with van der Waals surface area (Å²) >= 11 is 9.53. The molecule has 0 saturated heterocycles. The molecule has 0 rings (SSSR count). The van der Waals surface area contributed by atoms with Crippen LogP contribution in [0.25, 0.3) is 0 Å². The molecule has 0 fully saturated rings. The molecule has 2 nitrogen and oxygen atoms in total. The number of rotatable bonds is 0. The summed E-state index contributed by atoms with van der Waals surface area (Å²) in [5.41, 5.74) is 0. The average molecular weight is 176 g/mol. The summed E-state index contributed by atoms with van der Waals surface area (Å²) in [5.74, 6) is 0. The second-order valence-corrected chi connectivity index (χ2v) is 2.25. The molecule has 0 unspecified atom stereocenters. The van der Waals surface area contributed by atoms with E-state index in [4.69, 9.17) is 28.3 Å². The van der Waals surface area contributed by atoms with Crippen molar-refractivity contribution in [2.75, 3.05) is 33.6 Å². The van der Waals surface area contributed by atoms with E-state index in [0.29, 0.717) is 0 Å². The van der Waals surface area contributed by atoms with Crippen LogP contribution >= 0.6 is 23.2 Å². The van der Waals surface area contributed by atoms with Gasteiger partial charge in [0.05, 0.1) is 5.34 Å². The van der Waals surface area contributed by atoms with Gasteiger partial charge >= 0.3 is 0 Å². The van der Waals surface area contributed by atoms with E-state index in [-0.39, 0.29) is 5.34 Å². The number of aliphatic hydroxyl groups is 1. The van der Waals surface area contributed by atoms with Crippen LogP contribution < -0.4 is 0 Å². The Balaban J connectivity index is -0.0000000646. The van der Waals surface area contributed by atoms with Gasteiger partial charge in [0.25, 0.3) is 0 Å². The summed E-state index contributed by atoms with van der Waals surface area (Å²) in [4.78, 5) is 2.00. The van der Waals surface area contributed by atoms with E-state index in [1.807, 2.05) is 26.0 Å². The molecule has 0 bridgehead atoms. The van der Waals surface area contributed by atoms with E-state index in [1.54, 1.807) is 0 Å². The molecular weight excluding hydrogens is 161 g/mol. The first-order valence-corrected chi connectivity index (χ1v) is 3.39. The zero-order valence-electron chi connectivity index (χ0n) is 6.36. The van der Waals surface area contributed by atoms with Gasteiger partial charge in [-0.25, -0.2) is 0 Å². The number of alkyl halides is 2. The SMILES string of the molecule is CN(C)C.CO.ClCCl. The van der Waals surface area contributed by atoms with Gasteiger partial charge in [-0.2, -0.15) is 0 Å². The van der Waals surface area contributed by atoms with Crippen molar-refractivity contribution in [3.8, 4) is 0 Å². The van der Waals surface area contributed by atoms with E-state index in [9.17, 15) is 0 Å². The maximum absolute atomic E-state index is 7.00. The van der Waals surface area contributed by atoms with Gasteiger partial charge in [0.2, 0.25) is 0 Å². The third-order valence-electron chi connectivity index (χ3n) is 0. The fourth-order valence-electron chi connectivity index (χ4n) is 0. The molecule has 0 radical (unpaired) electrons. The van der Waals surface area contributed by atoms with E-state index >= 15 is 0 Å². The molecule has 0 atom stereocenters. The van der Waals surface area contributed by atoms with Gasteiger partial charge in [0.1, 0.15) is 0 Å². The standard InChI is InChI=1S/C3H9N.CH2Cl2.CH4O/c1-4(2)3;2-1-3;1-2/h1-3H3;1H2;2H,1H3.